The van der Waals surface area contributed by atoms with Crippen LogP contribution in [0, 0.1) is 11.3 Å². The summed E-state index contributed by atoms with van der Waals surface area (Å²) in [5.41, 5.74) is 1.42. The second-order valence-corrected chi connectivity index (χ2v) is 3.78. The van der Waals surface area contributed by atoms with E-state index in [4.69, 9.17) is 14.7 Å². The van der Waals surface area contributed by atoms with Gasteiger partial charge in [-0.05, 0) is 17.7 Å². The van der Waals surface area contributed by atoms with Gasteiger partial charge in [-0.2, -0.15) is 10.4 Å². The molecule has 18 heavy (non-hydrogen) atoms. The first kappa shape index (κ1) is 12.0. The molecule has 5 nitrogen and oxygen atoms in total. The molecule has 92 valence electrons. The Hall–Kier alpha value is -2.48. The molecule has 0 fully saturated rings. The summed E-state index contributed by atoms with van der Waals surface area (Å²) in [6, 6.07) is 7.49. The first-order chi connectivity index (χ1) is 8.72. The van der Waals surface area contributed by atoms with Crippen molar-refractivity contribution in [3.8, 4) is 17.6 Å². The van der Waals surface area contributed by atoms with Crippen LogP contribution in [-0.2, 0) is 13.7 Å². The highest BCUT2D eigenvalue weighted by atomic mass is 16.5. The van der Waals surface area contributed by atoms with E-state index in [9.17, 15) is 0 Å². The summed E-state index contributed by atoms with van der Waals surface area (Å²) < 4.78 is 12.3. The summed E-state index contributed by atoms with van der Waals surface area (Å²) >= 11 is 0. The van der Waals surface area contributed by atoms with Crippen LogP contribution in [0.5, 0.6) is 11.5 Å². The Morgan fingerprint density at radius 2 is 2.28 bits per heavy atom. The number of nitriles is 1. The van der Waals surface area contributed by atoms with E-state index in [0.717, 1.165) is 5.56 Å². The van der Waals surface area contributed by atoms with Gasteiger partial charge in [0.05, 0.1) is 25.1 Å². The van der Waals surface area contributed by atoms with Crippen LogP contribution in [0.3, 0.4) is 0 Å². The Bertz CT molecular complexity index is 584. The maximum atomic E-state index is 8.98. The Kier molecular flexibility index (Phi) is 3.49. The largest absolute Gasteiger partial charge is 0.495 e. The van der Waals surface area contributed by atoms with Gasteiger partial charge in [-0.15, -0.1) is 0 Å². The average Bonchev–Trinajstić information content (AvgIpc) is 2.81. The van der Waals surface area contributed by atoms with E-state index >= 15 is 0 Å². The van der Waals surface area contributed by atoms with E-state index in [1.807, 2.05) is 13.1 Å². The Morgan fingerprint density at radius 1 is 1.44 bits per heavy atom. The van der Waals surface area contributed by atoms with Gasteiger partial charge in [0.2, 0.25) is 0 Å². The highest BCUT2D eigenvalue weighted by molar-refractivity contribution is 5.45. The lowest BCUT2D eigenvalue weighted by Gasteiger charge is -2.06. The Labute approximate surface area is 105 Å². The first-order valence-electron chi connectivity index (χ1n) is 5.41. The number of methoxy groups -OCH3 is 1. The molecule has 0 radical (unpaired) electrons. The first-order valence-corrected chi connectivity index (χ1v) is 5.41. The fourth-order valence-electron chi connectivity index (χ4n) is 1.57. The molecule has 0 saturated carbocycles. The number of ether oxygens (including phenoxy) is 2. The summed E-state index contributed by atoms with van der Waals surface area (Å²) in [7, 11) is 3.37. The molecule has 0 amide bonds. The smallest absolute Gasteiger partial charge is 0.157 e. The lowest BCUT2D eigenvalue weighted by atomic mass is 10.1. The number of aromatic nitrogens is 2. The van der Waals surface area contributed by atoms with Crippen molar-refractivity contribution in [3.63, 3.8) is 0 Å². The van der Waals surface area contributed by atoms with Gasteiger partial charge in [0.1, 0.15) is 18.4 Å². The van der Waals surface area contributed by atoms with E-state index in [2.05, 4.69) is 11.2 Å². The highest BCUT2D eigenvalue weighted by Gasteiger charge is 2.04. The zero-order valence-corrected chi connectivity index (χ0v) is 10.3. The standard InChI is InChI=1S/C13H13N3O2/c1-16-8-12(7-15-16)18-9-10-3-4-13(17-2)11(5-10)6-14/h3-5,7-8H,9H2,1-2H3. The third-order valence-corrected chi connectivity index (χ3v) is 2.47. The quantitative estimate of drug-likeness (QED) is 0.822. The fraction of sp³-hybridized carbons (Fsp3) is 0.231. The van der Waals surface area contributed by atoms with E-state index in [-0.39, 0.29) is 0 Å². The minimum Gasteiger partial charge on any atom is -0.495 e. The molecule has 0 unspecified atom stereocenters. The van der Waals surface area contributed by atoms with Crippen LogP contribution < -0.4 is 9.47 Å². The van der Waals surface area contributed by atoms with Gasteiger partial charge >= 0.3 is 0 Å². The van der Waals surface area contributed by atoms with Crippen LogP contribution in [0.25, 0.3) is 0 Å². The molecule has 0 N–H and O–H groups in total. The normalized spacial score (nSPS) is 9.83. The van der Waals surface area contributed by atoms with Crippen LogP contribution in [-0.4, -0.2) is 16.9 Å². The van der Waals surface area contributed by atoms with E-state index in [1.165, 1.54) is 0 Å². The zero-order valence-electron chi connectivity index (χ0n) is 10.3. The van der Waals surface area contributed by atoms with Gasteiger partial charge in [-0.1, -0.05) is 6.07 Å². The Morgan fingerprint density at radius 3 is 2.89 bits per heavy atom. The molecule has 2 aromatic rings. The molecule has 0 aliphatic rings. The third kappa shape index (κ3) is 2.61. The molecular formula is C13H13N3O2. The molecular weight excluding hydrogens is 230 g/mol. The number of hydrogen-bond donors (Lipinski definition) is 0. The second-order valence-electron chi connectivity index (χ2n) is 3.78. The van der Waals surface area contributed by atoms with Gasteiger partial charge in [0, 0.05) is 7.05 Å². The topological polar surface area (TPSA) is 60.1 Å². The molecule has 5 heteroatoms. The molecule has 0 atom stereocenters. The molecule has 0 aliphatic heterocycles. The molecule has 1 aromatic heterocycles. The van der Waals surface area contributed by atoms with Crippen molar-refractivity contribution in [2.45, 2.75) is 6.61 Å². The van der Waals surface area contributed by atoms with Gasteiger partial charge in [0.25, 0.3) is 0 Å². The van der Waals surface area contributed by atoms with Gasteiger partial charge < -0.3 is 9.47 Å². The summed E-state index contributed by atoms with van der Waals surface area (Å²) in [5, 5.41) is 13.0. The maximum absolute atomic E-state index is 8.98. The molecule has 0 saturated heterocycles. The van der Waals surface area contributed by atoms with Gasteiger partial charge in [-0.25, -0.2) is 0 Å². The van der Waals surface area contributed by atoms with Gasteiger partial charge in [-0.3, -0.25) is 4.68 Å². The molecule has 1 aromatic carbocycles. The predicted octanol–water partition coefficient (Wildman–Crippen LogP) is 1.88. The molecule has 2 rings (SSSR count). The molecule has 0 spiro atoms. The predicted molar refractivity (Wildman–Crippen MR) is 65.2 cm³/mol. The number of aryl methyl sites for hydroxylation is 1. The molecule has 1 heterocycles. The number of hydrogen-bond acceptors (Lipinski definition) is 4. The van der Waals surface area contributed by atoms with Gasteiger partial charge in [0.15, 0.2) is 5.75 Å². The van der Waals surface area contributed by atoms with Crippen LogP contribution in [0.2, 0.25) is 0 Å². The minimum atomic E-state index is 0.393. The number of benzene rings is 1. The third-order valence-electron chi connectivity index (χ3n) is 2.47. The van der Waals surface area contributed by atoms with Crippen molar-refractivity contribution in [3.05, 3.63) is 41.7 Å². The van der Waals surface area contributed by atoms with Crippen LogP contribution >= 0.6 is 0 Å². The lowest BCUT2D eigenvalue weighted by Crippen LogP contribution is -1.96. The second kappa shape index (κ2) is 5.23. The highest BCUT2D eigenvalue weighted by Crippen LogP contribution is 2.20. The lowest BCUT2D eigenvalue weighted by molar-refractivity contribution is 0.305. The van der Waals surface area contributed by atoms with Crippen LogP contribution in [0.1, 0.15) is 11.1 Å². The summed E-state index contributed by atoms with van der Waals surface area (Å²) in [6.07, 6.45) is 3.43. The van der Waals surface area contributed by atoms with E-state index in [0.29, 0.717) is 23.7 Å². The summed E-state index contributed by atoms with van der Waals surface area (Å²) in [5.74, 6) is 1.27. The fourth-order valence-corrected chi connectivity index (χ4v) is 1.57. The molecule has 0 aliphatic carbocycles. The number of nitrogens with zero attached hydrogens (tertiary/aromatic N) is 3. The van der Waals surface area contributed by atoms with Crippen molar-refractivity contribution in [2.24, 2.45) is 7.05 Å². The van der Waals surface area contributed by atoms with Crippen molar-refractivity contribution < 1.29 is 9.47 Å². The number of rotatable bonds is 4. The summed E-state index contributed by atoms with van der Waals surface area (Å²) in [6.45, 7) is 0.393. The van der Waals surface area contributed by atoms with Crippen molar-refractivity contribution in [1.82, 2.24) is 9.78 Å². The van der Waals surface area contributed by atoms with Crippen LogP contribution in [0.4, 0.5) is 0 Å². The van der Waals surface area contributed by atoms with Crippen molar-refractivity contribution >= 4 is 0 Å². The van der Waals surface area contributed by atoms with E-state index < -0.39 is 0 Å². The molecule has 0 bridgehead atoms. The monoisotopic (exact) mass is 243 g/mol. The van der Waals surface area contributed by atoms with Crippen LogP contribution in [0.15, 0.2) is 30.6 Å². The minimum absolute atomic E-state index is 0.393. The Balaban J connectivity index is 2.08. The summed E-state index contributed by atoms with van der Waals surface area (Å²) in [4.78, 5) is 0. The van der Waals surface area contributed by atoms with E-state index in [1.54, 1.807) is 36.3 Å². The van der Waals surface area contributed by atoms with Crippen molar-refractivity contribution in [2.75, 3.05) is 7.11 Å². The average molecular weight is 243 g/mol. The zero-order chi connectivity index (χ0) is 13.0. The maximum Gasteiger partial charge on any atom is 0.157 e. The van der Waals surface area contributed by atoms with Crippen molar-refractivity contribution in [1.29, 1.82) is 5.26 Å². The SMILES string of the molecule is COc1ccc(COc2cnn(C)c2)cc1C#N.